The second kappa shape index (κ2) is 3.43. The Kier molecular flexibility index (Phi) is 2.28. The van der Waals surface area contributed by atoms with E-state index in [1.54, 1.807) is 6.92 Å². The van der Waals surface area contributed by atoms with E-state index in [-0.39, 0.29) is 6.10 Å². The molecule has 0 unspecified atom stereocenters. The molecule has 5 nitrogen and oxygen atoms in total. The van der Waals surface area contributed by atoms with E-state index in [4.69, 9.17) is 4.52 Å². The first-order valence-electron chi connectivity index (χ1n) is 4.43. The molecule has 0 radical (unpaired) electrons. The Bertz CT molecular complexity index is 287. The highest BCUT2D eigenvalue weighted by atomic mass is 16.5. The molecule has 1 fully saturated rings. The molecular formula is C8H13N3O2. The highest BCUT2D eigenvalue weighted by molar-refractivity contribution is 4.85. The minimum atomic E-state index is -0.191. The van der Waals surface area contributed by atoms with Gasteiger partial charge in [0.05, 0.1) is 12.6 Å². The first-order chi connectivity index (χ1) is 6.24. The van der Waals surface area contributed by atoms with Crippen LogP contribution in [0.1, 0.15) is 18.1 Å². The number of hydrogen-bond donors (Lipinski definition) is 1. The van der Waals surface area contributed by atoms with E-state index in [0.29, 0.717) is 24.8 Å². The molecule has 1 N–H and O–H groups in total. The van der Waals surface area contributed by atoms with E-state index >= 15 is 0 Å². The summed E-state index contributed by atoms with van der Waals surface area (Å²) in [7, 11) is 0. The zero-order chi connectivity index (χ0) is 9.26. The fourth-order valence-electron chi connectivity index (χ4n) is 1.55. The lowest BCUT2D eigenvalue weighted by molar-refractivity contribution is 0.169. The lowest BCUT2D eigenvalue weighted by Gasteiger charge is -2.10. The lowest BCUT2D eigenvalue weighted by atomic mass is 10.3. The van der Waals surface area contributed by atoms with Crippen molar-refractivity contribution >= 4 is 0 Å². The molecule has 1 aromatic rings. The second-order valence-corrected chi connectivity index (χ2v) is 3.41. The molecule has 2 rings (SSSR count). The van der Waals surface area contributed by atoms with Crippen molar-refractivity contribution in [1.29, 1.82) is 0 Å². The molecule has 0 aromatic carbocycles. The summed E-state index contributed by atoms with van der Waals surface area (Å²) in [4.78, 5) is 6.21. The van der Waals surface area contributed by atoms with Crippen LogP contribution in [0.15, 0.2) is 4.52 Å². The first kappa shape index (κ1) is 8.65. The van der Waals surface area contributed by atoms with E-state index in [9.17, 15) is 5.11 Å². The molecule has 0 aliphatic carbocycles. The van der Waals surface area contributed by atoms with Crippen molar-refractivity contribution < 1.29 is 9.63 Å². The van der Waals surface area contributed by atoms with Gasteiger partial charge in [-0.3, -0.25) is 4.90 Å². The third-order valence-corrected chi connectivity index (χ3v) is 2.18. The van der Waals surface area contributed by atoms with Gasteiger partial charge in [0.2, 0.25) is 5.89 Å². The van der Waals surface area contributed by atoms with Crippen LogP contribution in [0.4, 0.5) is 0 Å². The molecule has 1 aliphatic heterocycles. The Hall–Kier alpha value is -0.940. The van der Waals surface area contributed by atoms with Crippen molar-refractivity contribution in [3.05, 3.63) is 11.7 Å². The lowest BCUT2D eigenvalue weighted by Crippen LogP contribution is -2.21. The third kappa shape index (κ3) is 2.05. The average Bonchev–Trinajstić information content (AvgIpc) is 2.62. The number of rotatable bonds is 2. The van der Waals surface area contributed by atoms with Crippen molar-refractivity contribution in [3.63, 3.8) is 0 Å². The highest BCUT2D eigenvalue weighted by Crippen LogP contribution is 2.11. The van der Waals surface area contributed by atoms with Crippen molar-refractivity contribution in [2.75, 3.05) is 13.1 Å². The zero-order valence-electron chi connectivity index (χ0n) is 7.60. The molecule has 2 heterocycles. The standard InChI is InChI=1S/C8H13N3O2/c1-6-9-8(13-10-6)5-11-3-2-7(12)4-11/h7,12H,2-5H2,1H3/t7-/m1/s1. The summed E-state index contributed by atoms with van der Waals surface area (Å²) in [6.45, 7) is 4.06. The number of nitrogens with zero attached hydrogens (tertiary/aromatic N) is 3. The molecule has 0 bridgehead atoms. The van der Waals surface area contributed by atoms with Crippen molar-refractivity contribution in [3.8, 4) is 0 Å². The summed E-state index contributed by atoms with van der Waals surface area (Å²) in [5.74, 6) is 1.29. The normalized spacial score (nSPS) is 24.0. The van der Waals surface area contributed by atoms with Gasteiger partial charge in [0.1, 0.15) is 0 Å². The molecule has 5 heteroatoms. The molecular weight excluding hydrogens is 170 g/mol. The maximum atomic E-state index is 9.27. The van der Waals surface area contributed by atoms with Crippen molar-refractivity contribution in [1.82, 2.24) is 15.0 Å². The maximum absolute atomic E-state index is 9.27. The van der Waals surface area contributed by atoms with Gasteiger partial charge in [-0.2, -0.15) is 4.98 Å². The monoisotopic (exact) mass is 183 g/mol. The van der Waals surface area contributed by atoms with E-state index < -0.39 is 0 Å². The van der Waals surface area contributed by atoms with Crippen LogP contribution >= 0.6 is 0 Å². The number of aromatic nitrogens is 2. The van der Waals surface area contributed by atoms with Gasteiger partial charge in [-0.1, -0.05) is 5.16 Å². The molecule has 0 amide bonds. The molecule has 13 heavy (non-hydrogen) atoms. The summed E-state index contributed by atoms with van der Waals surface area (Å²) in [6, 6.07) is 0. The molecule has 0 spiro atoms. The SMILES string of the molecule is Cc1noc(CN2CC[C@@H](O)C2)n1. The Balaban J connectivity index is 1.91. The van der Waals surface area contributed by atoms with Crippen LogP contribution in [0.25, 0.3) is 0 Å². The van der Waals surface area contributed by atoms with E-state index in [0.717, 1.165) is 13.0 Å². The van der Waals surface area contributed by atoms with Crippen LogP contribution in [-0.4, -0.2) is 39.3 Å². The number of aliphatic hydroxyl groups is 1. The van der Waals surface area contributed by atoms with E-state index in [1.807, 2.05) is 0 Å². The van der Waals surface area contributed by atoms with Crippen molar-refractivity contribution in [2.24, 2.45) is 0 Å². The van der Waals surface area contributed by atoms with Gasteiger partial charge >= 0.3 is 0 Å². The zero-order valence-corrected chi connectivity index (χ0v) is 7.60. The molecule has 1 saturated heterocycles. The summed E-state index contributed by atoms with van der Waals surface area (Å²) >= 11 is 0. The van der Waals surface area contributed by atoms with E-state index in [2.05, 4.69) is 15.0 Å². The number of β-amino-alcohol motifs (C(OH)–C–C–N with tert-alkyl or cyclic N) is 1. The second-order valence-electron chi connectivity index (χ2n) is 3.41. The van der Waals surface area contributed by atoms with Gasteiger partial charge in [0.25, 0.3) is 0 Å². The van der Waals surface area contributed by atoms with Crippen LogP contribution in [0.5, 0.6) is 0 Å². The van der Waals surface area contributed by atoms with Crippen molar-refractivity contribution in [2.45, 2.75) is 26.0 Å². The Labute approximate surface area is 76.4 Å². The minimum Gasteiger partial charge on any atom is -0.392 e. The topological polar surface area (TPSA) is 62.4 Å². The third-order valence-electron chi connectivity index (χ3n) is 2.18. The van der Waals surface area contributed by atoms with Crippen LogP contribution in [0.3, 0.4) is 0 Å². The number of aliphatic hydroxyl groups excluding tert-OH is 1. The minimum absolute atomic E-state index is 0.191. The summed E-state index contributed by atoms with van der Waals surface area (Å²) in [6.07, 6.45) is 0.650. The van der Waals surface area contributed by atoms with Gasteiger partial charge in [-0.15, -0.1) is 0 Å². The summed E-state index contributed by atoms with van der Waals surface area (Å²) in [5, 5.41) is 13.0. The molecule has 1 aliphatic rings. The number of aryl methyl sites for hydroxylation is 1. The first-order valence-corrected chi connectivity index (χ1v) is 4.43. The number of hydrogen-bond acceptors (Lipinski definition) is 5. The summed E-state index contributed by atoms with van der Waals surface area (Å²) in [5.41, 5.74) is 0. The van der Waals surface area contributed by atoms with Gasteiger partial charge < -0.3 is 9.63 Å². The Morgan fingerprint density at radius 1 is 1.69 bits per heavy atom. The summed E-state index contributed by atoms with van der Waals surface area (Å²) < 4.78 is 4.98. The fourth-order valence-corrected chi connectivity index (χ4v) is 1.55. The van der Waals surface area contributed by atoms with Crippen LogP contribution < -0.4 is 0 Å². The maximum Gasteiger partial charge on any atom is 0.240 e. The predicted octanol–water partition coefficient (Wildman–Crippen LogP) is -0.0554. The predicted molar refractivity (Wildman–Crippen MR) is 44.9 cm³/mol. The molecule has 72 valence electrons. The fraction of sp³-hybridized carbons (Fsp3) is 0.750. The largest absolute Gasteiger partial charge is 0.392 e. The smallest absolute Gasteiger partial charge is 0.240 e. The Morgan fingerprint density at radius 3 is 3.08 bits per heavy atom. The van der Waals surface area contributed by atoms with Crippen LogP contribution in [0.2, 0.25) is 0 Å². The number of likely N-dealkylation sites (tertiary alicyclic amines) is 1. The quantitative estimate of drug-likeness (QED) is 0.696. The van der Waals surface area contributed by atoms with Gasteiger partial charge in [0, 0.05) is 13.1 Å². The van der Waals surface area contributed by atoms with Gasteiger partial charge in [-0.25, -0.2) is 0 Å². The highest BCUT2D eigenvalue weighted by Gasteiger charge is 2.21. The molecule has 1 atom stereocenters. The molecule has 0 saturated carbocycles. The Morgan fingerprint density at radius 2 is 2.54 bits per heavy atom. The van der Waals surface area contributed by atoms with Gasteiger partial charge in [0.15, 0.2) is 5.82 Å². The van der Waals surface area contributed by atoms with E-state index in [1.165, 1.54) is 0 Å². The van der Waals surface area contributed by atoms with Gasteiger partial charge in [-0.05, 0) is 13.3 Å². The van der Waals surface area contributed by atoms with Crippen LogP contribution in [-0.2, 0) is 6.54 Å². The van der Waals surface area contributed by atoms with Crippen LogP contribution in [0, 0.1) is 6.92 Å². The molecule has 1 aromatic heterocycles. The average molecular weight is 183 g/mol.